The Kier molecular flexibility index (Phi) is 3.21. The van der Waals surface area contributed by atoms with Gasteiger partial charge < -0.3 is 5.32 Å². The summed E-state index contributed by atoms with van der Waals surface area (Å²) in [5, 5.41) is 4.75. The molecule has 1 aromatic rings. The minimum absolute atomic E-state index is 0.738. The summed E-state index contributed by atoms with van der Waals surface area (Å²) < 4.78 is 1.27. The molecule has 0 aromatic carbocycles. The number of nitrogens with one attached hydrogen (secondary N) is 1. The predicted octanol–water partition coefficient (Wildman–Crippen LogP) is 2.64. The third-order valence-electron chi connectivity index (χ3n) is 2.66. The summed E-state index contributed by atoms with van der Waals surface area (Å²) >= 11 is 4.09. The van der Waals surface area contributed by atoms with Gasteiger partial charge in [-0.3, -0.25) is 0 Å². The third kappa shape index (κ3) is 2.41. The second-order valence-corrected chi connectivity index (χ2v) is 6.61. The first-order chi connectivity index (χ1) is 6.25. The van der Waals surface area contributed by atoms with Gasteiger partial charge in [0, 0.05) is 12.6 Å². The van der Waals surface area contributed by atoms with E-state index in [-0.39, 0.29) is 0 Å². The van der Waals surface area contributed by atoms with Crippen LogP contribution < -0.4 is 5.32 Å². The molecule has 1 aromatic heterocycles. The molecule has 2 rings (SSSR count). The Balaban J connectivity index is 1.79. The molecule has 0 spiro atoms. The van der Waals surface area contributed by atoms with Crippen LogP contribution in [0.25, 0.3) is 0 Å². The van der Waals surface area contributed by atoms with E-state index >= 15 is 0 Å². The van der Waals surface area contributed by atoms with E-state index in [2.05, 4.69) is 39.8 Å². The molecule has 1 aliphatic carbocycles. The number of thiazole rings is 1. The molecule has 4 heteroatoms. The van der Waals surface area contributed by atoms with E-state index in [1.165, 1.54) is 20.7 Å². The number of aromatic nitrogens is 1. The lowest BCUT2D eigenvalue weighted by molar-refractivity contribution is 0.228. The smallest absolute Gasteiger partial charge is 0.107 e. The lowest BCUT2D eigenvalue weighted by Crippen LogP contribution is -2.41. The van der Waals surface area contributed by atoms with Crippen LogP contribution in [-0.2, 0) is 6.54 Å². The van der Waals surface area contributed by atoms with Gasteiger partial charge in [-0.05, 0) is 41.4 Å². The summed E-state index contributed by atoms with van der Waals surface area (Å²) in [6.07, 6.45) is 4.66. The lowest BCUT2D eigenvalue weighted by atomic mass is 9.81. The highest BCUT2D eigenvalue weighted by Crippen LogP contribution is 2.26. The highest BCUT2D eigenvalue weighted by Gasteiger charge is 2.25. The fourth-order valence-electron chi connectivity index (χ4n) is 1.56. The van der Waals surface area contributed by atoms with Gasteiger partial charge in [0.25, 0.3) is 0 Å². The van der Waals surface area contributed by atoms with Crippen LogP contribution in [0.15, 0.2) is 6.20 Å². The molecule has 2 unspecified atom stereocenters. The monoisotopic (exact) mass is 308 g/mol. The maximum absolute atomic E-state index is 4.32. The van der Waals surface area contributed by atoms with E-state index in [0.717, 1.165) is 18.5 Å². The van der Waals surface area contributed by atoms with Gasteiger partial charge in [0.15, 0.2) is 0 Å². The van der Waals surface area contributed by atoms with E-state index in [1.807, 2.05) is 6.20 Å². The van der Waals surface area contributed by atoms with Crippen LogP contribution in [0, 0.1) is 8.80 Å². The van der Waals surface area contributed by atoms with Crippen molar-refractivity contribution in [3.05, 3.63) is 14.1 Å². The average molecular weight is 308 g/mol. The Labute approximate surface area is 96.3 Å². The second-order valence-electron chi connectivity index (χ2n) is 3.60. The quantitative estimate of drug-likeness (QED) is 0.868. The molecule has 1 fully saturated rings. The van der Waals surface area contributed by atoms with E-state index in [1.54, 1.807) is 11.3 Å². The Morgan fingerprint density at radius 1 is 1.69 bits per heavy atom. The van der Waals surface area contributed by atoms with Gasteiger partial charge in [-0.2, -0.15) is 0 Å². The summed E-state index contributed by atoms with van der Waals surface area (Å²) in [5.74, 6) is 0.860. The van der Waals surface area contributed by atoms with Gasteiger partial charge >= 0.3 is 0 Å². The van der Waals surface area contributed by atoms with Gasteiger partial charge in [-0.15, -0.1) is 11.3 Å². The average Bonchev–Trinajstić information content (AvgIpc) is 2.49. The van der Waals surface area contributed by atoms with Crippen LogP contribution in [0.5, 0.6) is 0 Å². The molecule has 0 radical (unpaired) electrons. The Morgan fingerprint density at radius 3 is 3.00 bits per heavy atom. The van der Waals surface area contributed by atoms with Crippen molar-refractivity contribution in [3.63, 3.8) is 0 Å². The van der Waals surface area contributed by atoms with Crippen LogP contribution in [0.1, 0.15) is 24.8 Å². The largest absolute Gasteiger partial charge is 0.307 e. The zero-order valence-corrected chi connectivity index (χ0v) is 10.6. The molecule has 72 valence electrons. The lowest BCUT2D eigenvalue weighted by Gasteiger charge is -2.34. The molecule has 2 nitrogen and oxygen atoms in total. The van der Waals surface area contributed by atoms with Crippen molar-refractivity contribution in [1.29, 1.82) is 0 Å². The minimum atomic E-state index is 0.738. The Morgan fingerprint density at radius 2 is 2.54 bits per heavy atom. The summed E-state index contributed by atoms with van der Waals surface area (Å²) in [7, 11) is 0. The first-order valence-corrected chi connectivity index (χ1v) is 6.49. The third-order valence-corrected chi connectivity index (χ3v) is 4.39. The number of rotatable bonds is 3. The van der Waals surface area contributed by atoms with Crippen LogP contribution in [0.2, 0.25) is 0 Å². The standard InChI is InChI=1S/C9H13IN2S/c1-6-2-3-7(6)11-5-9-12-4-8(10)13-9/h4,6-7,11H,2-3,5H2,1H3. The first-order valence-electron chi connectivity index (χ1n) is 4.59. The molecule has 1 heterocycles. The zero-order chi connectivity index (χ0) is 9.26. The maximum Gasteiger partial charge on any atom is 0.107 e. The molecule has 1 saturated carbocycles. The first kappa shape index (κ1) is 9.86. The van der Waals surface area contributed by atoms with E-state index in [0.29, 0.717) is 0 Å². The van der Waals surface area contributed by atoms with Crippen molar-refractivity contribution in [2.45, 2.75) is 32.4 Å². The van der Waals surface area contributed by atoms with Gasteiger partial charge in [0.1, 0.15) is 5.01 Å². The fourth-order valence-corrected chi connectivity index (χ4v) is 3.05. The van der Waals surface area contributed by atoms with E-state index in [4.69, 9.17) is 0 Å². The van der Waals surface area contributed by atoms with Gasteiger partial charge in [0.05, 0.1) is 9.08 Å². The SMILES string of the molecule is CC1CCC1NCc1ncc(I)s1. The normalized spacial score (nSPS) is 27.2. The topological polar surface area (TPSA) is 24.9 Å². The summed E-state index contributed by atoms with van der Waals surface area (Å²) in [4.78, 5) is 4.32. The Hall–Kier alpha value is 0.320. The van der Waals surface area contributed by atoms with Crippen molar-refractivity contribution < 1.29 is 0 Å². The van der Waals surface area contributed by atoms with Gasteiger partial charge in [-0.1, -0.05) is 6.92 Å². The van der Waals surface area contributed by atoms with Gasteiger partial charge in [-0.25, -0.2) is 4.98 Å². The summed E-state index contributed by atoms with van der Waals surface area (Å²) in [5.41, 5.74) is 0. The molecule has 0 saturated heterocycles. The van der Waals surface area contributed by atoms with Crippen molar-refractivity contribution in [2.24, 2.45) is 5.92 Å². The van der Waals surface area contributed by atoms with Crippen molar-refractivity contribution in [1.82, 2.24) is 10.3 Å². The maximum atomic E-state index is 4.32. The number of hydrogen-bond donors (Lipinski definition) is 1. The minimum Gasteiger partial charge on any atom is -0.307 e. The molecular weight excluding hydrogens is 295 g/mol. The molecule has 0 amide bonds. The summed E-state index contributed by atoms with van der Waals surface area (Å²) in [6, 6.07) is 0.738. The number of hydrogen-bond acceptors (Lipinski definition) is 3. The summed E-state index contributed by atoms with van der Waals surface area (Å²) in [6.45, 7) is 3.26. The van der Waals surface area contributed by atoms with Crippen LogP contribution >= 0.6 is 33.9 Å². The highest BCUT2D eigenvalue weighted by molar-refractivity contribution is 14.1. The van der Waals surface area contributed by atoms with E-state index in [9.17, 15) is 0 Å². The fraction of sp³-hybridized carbons (Fsp3) is 0.667. The van der Waals surface area contributed by atoms with Crippen LogP contribution in [0.3, 0.4) is 0 Å². The van der Waals surface area contributed by atoms with Crippen LogP contribution in [0.4, 0.5) is 0 Å². The zero-order valence-electron chi connectivity index (χ0n) is 7.59. The van der Waals surface area contributed by atoms with Crippen molar-refractivity contribution in [2.75, 3.05) is 0 Å². The molecule has 1 aliphatic rings. The molecule has 13 heavy (non-hydrogen) atoms. The molecule has 0 aliphatic heterocycles. The van der Waals surface area contributed by atoms with E-state index < -0.39 is 0 Å². The molecule has 0 bridgehead atoms. The molecule has 1 N–H and O–H groups in total. The van der Waals surface area contributed by atoms with Crippen LogP contribution in [-0.4, -0.2) is 11.0 Å². The van der Waals surface area contributed by atoms with Crippen molar-refractivity contribution >= 4 is 33.9 Å². The molecular formula is C9H13IN2S. The molecule has 2 atom stereocenters. The predicted molar refractivity (Wildman–Crippen MR) is 63.9 cm³/mol. The van der Waals surface area contributed by atoms with Gasteiger partial charge in [0.2, 0.25) is 0 Å². The van der Waals surface area contributed by atoms with Crippen molar-refractivity contribution in [3.8, 4) is 0 Å². The Bertz CT molecular complexity index is 287. The second kappa shape index (κ2) is 4.23. The number of halogens is 1. The number of nitrogens with zero attached hydrogens (tertiary/aromatic N) is 1. The highest BCUT2D eigenvalue weighted by atomic mass is 127.